The number of nitrogens with one attached hydrogen (secondary N) is 1. The molecule has 1 aromatic carbocycles. The quantitative estimate of drug-likeness (QED) is 0.589. The molecule has 184 valence electrons. The number of hydrogen-bond donors (Lipinski definition) is 1. The molecule has 2 saturated heterocycles. The van der Waals surface area contributed by atoms with Crippen LogP contribution in [-0.2, 0) is 6.42 Å². The molecule has 2 fully saturated rings. The van der Waals surface area contributed by atoms with Gasteiger partial charge >= 0.3 is 0 Å². The molecule has 0 unspecified atom stereocenters. The first-order chi connectivity index (χ1) is 17.1. The predicted octanol–water partition coefficient (Wildman–Crippen LogP) is 3.14. The lowest BCUT2D eigenvalue weighted by Crippen LogP contribution is -2.46. The van der Waals surface area contributed by atoms with Crippen LogP contribution in [0.4, 0.5) is 11.9 Å². The number of piperazine rings is 1. The van der Waals surface area contributed by atoms with E-state index < -0.39 is 0 Å². The summed E-state index contributed by atoms with van der Waals surface area (Å²) in [6.45, 7) is 10.9. The molecular formula is C27H35N7O. The number of aryl methyl sites for hydroxylation is 1. The molecule has 2 aliphatic heterocycles. The van der Waals surface area contributed by atoms with Crippen molar-refractivity contribution in [3.63, 3.8) is 0 Å². The van der Waals surface area contributed by atoms with E-state index in [1.165, 1.54) is 5.56 Å². The van der Waals surface area contributed by atoms with Crippen LogP contribution in [0.5, 0.6) is 0 Å². The molecule has 0 atom stereocenters. The van der Waals surface area contributed by atoms with Crippen molar-refractivity contribution in [2.75, 3.05) is 55.6 Å². The molecule has 1 N–H and O–H groups in total. The van der Waals surface area contributed by atoms with Gasteiger partial charge in [0.05, 0.1) is 11.4 Å². The molecular weight excluding hydrogens is 438 g/mol. The van der Waals surface area contributed by atoms with E-state index in [4.69, 9.17) is 9.97 Å². The molecule has 2 aromatic heterocycles. The monoisotopic (exact) mass is 473 g/mol. The Bertz CT molecular complexity index is 1180. The predicted molar refractivity (Wildman–Crippen MR) is 140 cm³/mol. The van der Waals surface area contributed by atoms with E-state index in [9.17, 15) is 4.79 Å². The zero-order chi connectivity index (χ0) is 24.2. The summed E-state index contributed by atoms with van der Waals surface area (Å²) in [5, 5.41) is 0. The molecule has 0 bridgehead atoms. The van der Waals surface area contributed by atoms with E-state index in [0.29, 0.717) is 17.6 Å². The molecule has 2 aliphatic rings. The second-order valence-corrected chi connectivity index (χ2v) is 9.66. The molecule has 4 heterocycles. The maximum atomic E-state index is 12.5. The smallest absolute Gasteiger partial charge is 0.252 e. The van der Waals surface area contributed by atoms with Crippen molar-refractivity contribution in [2.45, 2.75) is 33.1 Å². The largest absolute Gasteiger partial charge is 0.342 e. The zero-order valence-electron chi connectivity index (χ0n) is 20.8. The Hall–Kier alpha value is -3.26. The van der Waals surface area contributed by atoms with Gasteiger partial charge in [0.25, 0.3) is 5.56 Å². The lowest BCUT2D eigenvalue weighted by atomic mass is 9.90. The van der Waals surface area contributed by atoms with E-state index in [1.54, 1.807) is 6.07 Å². The number of aromatic amines is 1. The van der Waals surface area contributed by atoms with Crippen LogP contribution >= 0.6 is 0 Å². The van der Waals surface area contributed by atoms with Crippen molar-refractivity contribution in [3.8, 4) is 11.3 Å². The molecule has 3 aromatic rings. The molecule has 8 nitrogen and oxygen atoms in total. The molecule has 0 radical (unpaired) electrons. The Balaban J connectivity index is 1.28. The van der Waals surface area contributed by atoms with Crippen molar-refractivity contribution in [1.82, 2.24) is 24.8 Å². The van der Waals surface area contributed by atoms with Gasteiger partial charge < -0.3 is 14.7 Å². The van der Waals surface area contributed by atoms with Gasteiger partial charge in [-0.15, -0.1) is 0 Å². The van der Waals surface area contributed by atoms with Crippen molar-refractivity contribution < 1.29 is 0 Å². The van der Waals surface area contributed by atoms with Gasteiger partial charge in [0.1, 0.15) is 0 Å². The number of rotatable bonds is 6. The van der Waals surface area contributed by atoms with E-state index in [-0.39, 0.29) is 5.56 Å². The highest BCUT2D eigenvalue weighted by atomic mass is 16.1. The van der Waals surface area contributed by atoms with E-state index in [0.717, 1.165) is 82.3 Å². The Morgan fingerprint density at radius 2 is 1.71 bits per heavy atom. The zero-order valence-corrected chi connectivity index (χ0v) is 20.8. The van der Waals surface area contributed by atoms with Crippen LogP contribution in [0.2, 0.25) is 0 Å². The first-order valence-corrected chi connectivity index (χ1v) is 12.8. The van der Waals surface area contributed by atoms with Crippen LogP contribution in [0.25, 0.3) is 11.3 Å². The molecule has 0 aliphatic carbocycles. The maximum absolute atomic E-state index is 12.5. The molecule has 35 heavy (non-hydrogen) atoms. The van der Waals surface area contributed by atoms with Crippen LogP contribution in [0.3, 0.4) is 0 Å². The maximum Gasteiger partial charge on any atom is 0.252 e. The van der Waals surface area contributed by atoms with Crippen LogP contribution in [0, 0.1) is 12.8 Å². The lowest BCUT2D eigenvalue weighted by molar-refractivity contribution is 0.270. The molecule has 5 rings (SSSR count). The Morgan fingerprint density at radius 3 is 2.40 bits per heavy atom. The van der Waals surface area contributed by atoms with Crippen LogP contribution in [-0.4, -0.2) is 70.6 Å². The third-order valence-electron chi connectivity index (χ3n) is 7.36. The average molecular weight is 474 g/mol. The standard InChI is InChI=1S/C27H35N7O/c1-3-32-13-15-34(16-14-32)26-28-19-23(20(2)29-26)24-18-25(35)31-27(30-24)33-11-9-22(10-12-33)17-21-7-5-4-6-8-21/h4-8,18-19,22H,3,9-17H2,1-2H3,(H,30,31,35). The van der Waals surface area contributed by atoms with Gasteiger partial charge in [-0.25, -0.2) is 15.0 Å². The number of anilines is 2. The van der Waals surface area contributed by atoms with Gasteiger partial charge in [-0.2, -0.15) is 0 Å². The number of H-pyrrole nitrogens is 1. The lowest BCUT2D eigenvalue weighted by Gasteiger charge is -2.34. The summed E-state index contributed by atoms with van der Waals surface area (Å²) in [5.74, 6) is 2.06. The summed E-state index contributed by atoms with van der Waals surface area (Å²) < 4.78 is 0. The summed E-state index contributed by atoms with van der Waals surface area (Å²) in [6.07, 6.45) is 5.10. The fraction of sp³-hybridized carbons (Fsp3) is 0.481. The van der Waals surface area contributed by atoms with E-state index in [2.05, 4.69) is 61.9 Å². The van der Waals surface area contributed by atoms with Crippen LogP contribution in [0.1, 0.15) is 31.0 Å². The fourth-order valence-electron chi connectivity index (χ4n) is 5.15. The Kier molecular flexibility index (Phi) is 7.08. The molecule has 0 spiro atoms. The third kappa shape index (κ3) is 5.53. The van der Waals surface area contributed by atoms with Gasteiger partial charge in [0.15, 0.2) is 0 Å². The van der Waals surface area contributed by atoms with Gasteiger partial charge in [-0.3, -0.25) is 9.78 Å². The second kappa shape index (κ2) is 10.6. The average Bonchev–Trinajstić information content (AvgIpc) is 2.89. The van der Waals surface area contributed by atoms with Crippen molar-refractivity contribution >= 4 is 11.9 Å². The Labute approximate surface area is 207 Å². The third-order valence-corrected chi connectivity index (χ3v) is 7.36. The highest BCUT2D eigenvalue weighted by molar-refractivity contribution is 5.62. The molecule has 0 saturated carbocycles. The highest BCUT2D eigenvalue weighted by Crippen LogP contribution is 2.26. The number of hydrogen-bond acceptors (Lipinski definition) is 7. The Morgan fingerprint density at radius 1 is 0.971 bits per heavy atom. The van der Waals surface area contributed by atoms with Crippen molar-refractivity contribution in [2.24, 2.45) is 5.92 Å². The highest BCUT2D eigenvalue weighted by Gasteiger charge is 2.23. The van der Waals surface area contributed by atoms with Gasteiger partial charge in [-0.1, -0.05) is 37.3 Å². The summed E-state index contributed by atoms with van der Waals surface area (Å²) in [4.78, 5) is 36.6. The second-order valence-electron chi connectivity index (χ2n) is 9.66. The van der Waals surface area contributed by atoms with Gasteiger partial charge in [0.2, 0.25) is 11.9 Å². The number of benzene rings is 1. The molecule has 0 amide bonds. The van der Waals surface area contributed by atoms with E-state index in [1.807, 2.05) is 13.1 Å². The van der Waals surface area contributed by atoms with Crippen molar-refractivity contribution in [3.05, 3.63) is 64.2 Å². The number of piperidine rings is 1. The minimum atomic E-state index is -0.143. The van der Waals surface area contributed by atoms with E-state index >= 15 is 0 Å². The summed E-state index contributed by atoms with van der Waals surface area (Å²) in [6, 6.07) is 12.2. The normalized spacial score (nSPS) is 17.7. The van der Waals surface area contributed by atoms with Gasteiger partial charge in [-0.05, 0) is 44.2 Å². The summed E-state index contributed by atoms with van der Waals surface area (Å²) in [5.41, 5.74) is 3.54. The molecule has 8 heteroatoms. The number of nitrogens with zero attached hydrogens (tertiary/aromatic N) is 6. The first kappa shape index (κ1) is 23.5. The fourth-order valence-corrected chi connectivity index (χ4v) is 5.15. The van der Waals surface area contributed by atoms with Crippen LogP contribution in [0.15, 0.2) is 47.4 Å². The summed E-state index contributed by atoms with van der Waals surface area (Å²) >= 11 is 0. The van der Waals surface area contributed by atoms with Gasteiger partial charge in [0, 0.05) is 57.1 Å². The topological polar surface area (TPSA) is 81.2 Å². The minimum absolute atomic E-state index is 0.143. The van der Waals surface area contributed by atoms with Crippen LogP contribution < -0.4 is 15.4 Å². The summed E-state index contributed by atoms with van der Waals surface area (Å²) in [7, 11) is 0. The number of likely N-dealkylation sites (N-methyl/N-ethyl adjacent to an activating group) is 1. The SMILES string of the molecule is CCN1CCN(c2ncc(-c3cc(=O)[nH]c(N4CCC(Cc5ccccc5)CC4)n3)c(C)n2)CC1. The number of aromatic nitrogens is 4. The van der Waals surface area contributed by atoms with Crippen molar-refractivity contribution in [1.29, 1.82) is 0 Å². The minimum Gasteiger partial charge on any atom is -0.342 e. The first-order valence-electron chi connectivity index (χ1n) is 12.8.